The molecule has 0 spiro atoms. The van der Waals surface area contributed by atoms with E-state index in [0.717, 1.165) is 19.4 Å². The molecule has 1 atom stereocenters. The highest BCUT2D eigenvalue weighted by Gasteiger charge is 2.36. The van der Waals surface area contributed by atoms with Crippen LogP contribution in [0.5, 0.6) is 0 Å². The maximum atomic E-state index is 6.42. The molecule has 0 heterocycles. The fraction of sp³-hybridized carbons (Fsp3) is 0.684. The largest absolute Gasteiger partial charge is 0.417 e. The molecule has 1 aromatic rings. The smallest absolute Gasteiger partial charge is 0.191 e. The summed E-state index contributed by atoms with van der Waals surface area (Å²) in [5.41, 5.74) is 1.29. The second-order valence-electron chi connectivity index (χ2n) is 8.88. The molecule has 1 aromatic carbocycles. The molecule has 132 valence electrons. The van der Waals surface area contributed by atoms with Crippen LogP contribution in [0.25, 0.3) is 0 Å². The maximum absolute atomic E-state index is 6.42. The lowest BCUT2D eigenvalue weighted by molar-refractivity contribution is 0.170. The third kappa shape index (κ3) is 7.33. The lowest BCUT2D eigenvalue weighted by Crippen LogP contribution is -2.41. The van der Waals surface area contributed by atoms with Crippen LogP contribution in [0, 0.1) is 0 Å². The first kappa shape index (κ1) is 20.6. The SMILES string of the molecule is CC(C)(C)[Si](C)(C)OCCCC(O[Si](C)(C)C)c1ccccc1. The van der Waals surface area contributed by atoms with E-state index in [9.17, 15) is 0 Å². The van der Waals surface area contributed by atoms with E-state index < -0.39 is 16.6 Å². The lowest BCUT2D eigenvalue weighted by atomic mass is 10.1. The quantitative estimate of drug-likeness (QED) is 0.399. The summed E-state index contributed by atoms with van der Waals surface area (Å²) in [5, 5.41) is 0.278. The Morgan fingerprint density at radius 2 is 1.52 bits per heavy atom. The van der Waals surface area contributed by atoms with E-state index in [2.05, 4.69) is 83.8 Å². The molecule has 1 unspecified atom stereocenters. The van der Waals surface area contributed by atoms with E-state index in [-0.39, 0.29) is 11.1 Å². The van der Waals surface area contributed by atoms with Crippen molar-refractivity contribution in [2.45, 2.75) is 77.5 Å². The molecule has 0 saturated heterocycles. The second-order valence-corrected chi connectivity index (χ2v) is 18.2. The zero-order valence-electron chi connectivity index (χ0n) is 16.4. The molecule has 0 amide bonds. The minimum atomic E-state index is -1.64. The first-order chi connectivity index (χ1) is 10.4. The van der Waals surface area contributed by atoms with Crippen LogP contribution in [0.4, 0.5) is 0 Å². The van der Waals surface area contributed by atoms with Crippen LogP contribution in [0.15, 0.2) is 30.3 Å². The van der Waals surface area contributed by atoms with Gasteiger partial charge in [0.25, 0.3) is 0 Å². The van der Waals surface area contributed by atoms with Crippen LogP contribution < -0.4 is 0 Å². The number of rotatable bonds is 8. The molecular weight excluding hydrogens is 316 g/mol. The van der Waals surface area contributed by atoms with Crippen LogP contribution in [0.1, 0.15) is 45.3 Å². The van der Waals surface area contributed by atoms with Gasteiger partial charge in [-0.1, -0.05) is 51.1 Å². The summed E-state index contributed by atoms with van der Waals surface area (Å²) in [6, 6.07) is 10.6. The Morgan fingerprint density at radius 3 is 2.00 bits per heavy atom. The van der Waals surface area contributed by atoms with Crippen molar-refractivity contribution >= 4 is 16.6 Å². The Labute approximate surface area is 145 Å². The molecule has 0 aliphatic heterocycles. The molecule has 0 N–H and O–H groups in total. The summed E-state index contributed by atoms with van der Waals surface area (Å²) in [4.78, 5) is 0. The molecule has 0 bridgehead atoms. The molecule has 0 radical (unpaired) electrons. The van der Waals surface area contributed by atoms with Crippen molar-refractivity contribution in [2.24, 2.45) is 0 Å². The standard InChI is InChI=1S/C19H36O2Si2/c1-19(2,3)23(7,8)20-16-12-15-18(21-22(4,5)6)17-13-10-9-11-14-17/h9-11,13-14,18H,12,15-16H2,1-8H3. The van der Waals surface area contributed by atoms with Crippen LogP contribution in [0.3, 0.4) is 0 Å². The van der Waals surface area contributed by atoms with Crippen molar-refractivity contribution in [3.05, 3.63) is 35.9 Å². The molecule has 0 saturated carbocycles. The van der Waals surface area contributed by atoms with E-state index in [1.807, 2.05) is 0 Å². The van der Waals surface area contributed by atoms with E-state index >= 15 is 0 Å². The van der Waals surface area contributed by atoms with Gasteiger partial charge in [-0.05, 0) is 56.2 Å². The Balaban J connectivity index is 2.59. The van der Waals surface area contributed by atoms with Gasteiger partial charge in [-0.2, -0.15) is 0 Å². The van der Waals surface area contributed by atoms with Crippen LogP contribution >= 0.6 is 0 Å². The topological polar surface area (TPSA) is 18.5 Å². The summed E-state index contributed by atoms with van der Waals surface area (Å²) < 4.78 is 12.7. The van der Waals surface area contributed by atoms with Crippen LogP contribution in [0.2, 0.25) is 37.8 Å². The Bertz CT molecular complexity index is 458. The van der Waals surface area contributed by atoms with Gasteiger partial charge in [0, 0.05) is 6.61 Å². The third-order valence-electron chi connectivity index (χ3n) is 4.55. The predicted molar refractivity (Wildman–Crippen MR) is 106 cm³/mol. The van der Waals surface area contributed by atoms with Gasteiger partial charge in [0.2, 0.25) is 0 Å². The molecule has 23 heavy (non-hydrogen) atoms. The average Bonchev–Trinajstić information content (AvgIpc) is 2.40. The molecule has 0 aliphatic carbocycles. The van der Waals surface area contributed by atoms with Crippen molar-refractivity contribution in [3.8, 4) is 0 Å². The van der Waals surface area contributed by atoms with Gasteiger partial charge >= 0.3 is 0 Å². The van der Waals surface area contributed by atoms with Gasteiger partial charge in [-0.15, -0.1) is 0 Å². The third-order valence-corrected chi connectivity index (χ3v) is 10.1. The van der Waals surface area contributed by atoms with E-state index in [1.54, 1.807) is 0 Å². The summed E-state index contributed by atoms with van der Waals surface area (Å²) in [6.07, 6.45) is 2.28. The monoisotopic (exact) mass is 352 g/mol. The molecule has 2 nitrogen and oxygen atoms in total. The number of hydrogen-bond acceptors (Lipinski definition) is 2. The first-order valence-corrected chi connectivity index (χ1v) is 15.1. The average molecular weight is 353 g/mol. The highest BCUT2D eigenvalue weighted by Crippen LogP contribution is 2.37. The van der Waals surface area contributed by atoms with Gasteiger partial charge in [0.05, 0.1) is 6.10 Å². The van der Waals surface area contributed by atoms with E-state index in [0.29, 0.717) is 0 Å². The molecular formula is C19H36O2Si2. The lowest BCUT2D eigenvalue weighted by Gasteiger charge is -2.36. The van der Waals surface area contributed by atoms with Crippen molar-refractivity contribution in [1.82, 2.24) is 0 Å². The Kier molecular flexibility index (Phi) is 7.26. The summed E-state index contributed by atoms with van der Waals surface area (Å²) in [6.45, 7) is 19.1. The zero-order valence-corrected chi connectivity index (χ0v) is 18.4. The van der Waals surface area contributed by atoms with E-state index in [1.165, 1.54) is 5.56 Å². The summed E-state index contributed by atoms with van der Waals surface area (Å²) in [5.74, 6) is 0. The molecule has 4 heteroatoms. The van der Waals surface area contributed by atoms with Gasteiger partial charge in [0.15, 0.2) is 16.6 Å². The van der Waals surface area contributed by atoms with Crippen LogP contribution in [-0.2, 0) is 8.85 Å². The normalized spacial score (nSPS) is 14.8. The van der Waals surface area contributed by atoms with Gasteiger partial charge in [0.1, 0.15) is 0 Å². The van der Waals surface area contributed by atoms with Crippen LogP contribution in [-0.4, -0.2) is 23.2 Å². The first-order valence-electron chi connectivity index (χ1n) is 8.79. The van der Waals surface area contributed by atoms with Gasteiger partial charge in [-0.25, -0.2) is 0 Å². The summed E-state index contributed by atoms with van der Waals surface area (Å²) >= 11 is 0. The minimum Gasteiger partial charge on any atom is -0.417 e. The maximum Gasteiger partial charge on any atom is 0.191 e. The van der Waals surface area contributed by atoms with Gasteiger partial charge in [-0.3, -0.25) is 0 Å². The van der Waals surface area contributed by atoms with Crippen molar-refractivity contribution < 1.29 is 8.85 Å². The highest BCUT2D eigenvalue weighted by atomic mass is 28.4. The number of benzene rings is 1. The number of hydrogen-bond donors (Lipinski definition) is 0. The zero-order chi connectivity index (χ0) is 17.7. The van der Waals surface area contributed by atoms with Gasteiger partial charge < -0.3 is 8.85 Å². The fourth-order valence-corrected chi connectivity index (χ4v) is 4.40. The van der Waals surface area contributed by atoms with Crippen molar-refractivity contribution in [3.63, 3.8) is 0 Å². The molecule has 0 aromatic heterocycles. The Morgan fingerprint density at radius 1 is 0.957 bits per heavy atom. The summed E-state index contributed by atoms with van der Waals surface area (Å²) in [7, 11) is -3.20. The Hall–Kier alpha value is -0.426. The fourth-order valence-electron chi connectivity index (χ4n) is 2.20. The minimum absolute atomic E-state index is 0.200. The van der Waals surface area contributed by atoms with E-state index in [4.69, 9.17) is 8.85 Å². The predicted octanol–water partition coefficient (Wildman–Crippen LogP) is 6.38. The van der Waals surface area contributed by atoms with Crippen molar-refractivity contribution in [1.29, 1.82) is 0 Å². The molecule has 0 fully saturated rings. The van der Waals surface area contributed by atoms with Crippen molar-refractivity contribution in [2.75, 3.05) is 6.61 Å². The molecule has 0 aliphatic rings. The molecule has 1 rings (SSSR count). The highest BCUT2D eigenvalue weighted by molar-refractivity contribution is 6.74. The second kappa shape index (κ2) is 8.10.